The molecule has 3 atom stereocenters. The molecule has 25 nitrogen and oxygen atoms in total. The van der Waals surface area contributed by atoms with Crippen LogP contribution in [0, 0.1) is 39.5 Å². The highest BCUT2D eigenvalue weighted by molar-refractivity contribution is 6.34. The fraction of sp³-hybridized carbons (Fsp3) is 0.463. The van der Waals surface area contributed by atoms with Gasteiger partial charge in [-0.25, -0.2) is 19.2 Å². The molecule has 0 bridgehead atoms. The Hall–Kier alpha value is -10.8. The van der Waals surface area contributed by atoms with Crippen LogP contribution in [-0.2, 0) is 78.3 Å². The van der Waals surface area contributed by atoms with E-state index in [-0.39, 0.29) is 138 Å². The molecule has 3 amide bonds. The summed E-state index contributed by atoms with van der Waals surface area (Å²) in [6.07, 6.45) is 49.0. The van der Waals surface area contributed by atoms with E-state index in [1.807, 2.05) is 125 Å². The van der Waals surface area contributed by atoms with E-state index in [9.17, 15) is 58.8 Å². The summed E-state index contributed by atoms with van der Waals surface area (Å²) < 4.78 is 21.7. The summed E-state index contributed by atoms with van der Waals surface area (Å²) in [5.41, 5.74) is 7.47. The van der Waals surface area contributed by atoms with Crippen molar-refractivity contribution in [3.8, 4) is 23.0 Å². The molecular formula is C95H115Cl3N6O19. The van der Waals surface area contributed by atoms with Crippen LogP contribution in [0.25, 0.3) is 0 Å². The topological polar surface area (TPSA) is 329 Å². The Bertz CT molecular complexity index is 4380. The number of phenols is 4. The number of phenolic OH excluding ortho intramolecular Hbond substituents is 4. The zero-order valence-corrected chi connectivity index (χ0v) is 73.3. The number of cyclic esters (lactones) is 4. The van der Waals surface area contributed by atoms with Gasteiger partial charge >= 0.3 is 23.9 Å². The van der Waals surface area contributed by atoms with E-state index in [0.717, 1.165) is 188 Å². The Morgan fingerprint density at radius 3 is 1.22 bits per heavy atom. The van der Waals surface area contributed by atoms with Gasteiger partial charge in [0, 0.05) is 82.1 Å². The molecule has 7 aliphatic heterocycles. The van der Waals surface area contributed by atoms with Crippen molar-refractivity contribution >= 4 is 99.3 Å². The number of esters is 4. The number of halogens is 3. The van der Waals surface area contributed by atoms with Gasteiger partial charge in [-0.05, 0) is 238 Å². The maximum atomic E-state index is 12.9. The minimum absolute atomic E-state index is 0.00356. The number of hydrogen-bond acceptors (Lipinski definition) is 22. The summed E-state index contributed by atoms with van der Waals surface area (Å²) in [5.74, 6) is -3.01. The lowest BCUT2D eigenvalue weighted by molar-refractivity contribution is -0.137. The Morgan fingerprint density at radius 1 is 0.415 bits per heavy atom. The first kappa shape index (κ1) is 96.1. The van der Waals surface area contributed by atoms with Crippen LogP contribution in [-0.4, -0.2) is 185 Å². The standard InChI is InChI=1S/C26H33ClN2O4.2C24H29ClN2O6.C21H24O3/c1-19-16-20(2)25(27)22-17-21(28-33-18-23(30)29-13-9-7-10-14-29)12-8-5-3-4-6-11-15-32-26(31)24(19)22;2*25-23-18-14-17(26-33-16-21(30)27-11-7-5-8-12-27)10-6-3-1-2-4-9-13-32-24(31)22(18)19(28)15-20(23)29;1-13-8-14(2)20-18(9-13)12-19(22)7-5-4-6-16-11-17(16)10-15(3)24-21(20)23/h4,6,8,12,16H,3,5,7,9-11,13-15,17-18H2,1-2H3;2*2,4,6,10,15,28-29H,1,3,5,7-9,11-14,16H2;4-9,15-17H,10-12H2,1-3H3/b6-4+,12-8+,28-21+;4-2+,10-6+,26-17+;4-2+,10-6+,26-17-;6-4-,7-5+/t;;;15-,16-,17+/m...1/s1. The molecule has 4 N–H and O–H groups in total. The quantitative estimate of drug-likeness (QED) is 0.0523. The molecule has 4 aromatic rings. The molecule has 0 radical (unpaired) electrons. The lowest BCUT2D eigenvalue weighted by Crippen LogP contribution is -2.37. The van der Waals surface area contributed by atoms with Crippen LogP contribution in [0.1, 0.15) is 221 Å². The molecule has 0 unspecified atom stereocenters. The SMILES string of the molecule is Cc1cc(C)c2c(c1)CC(=O)/C=C/C=C\[C@@H]1C[C@@H]1C[C@@H](C)OC2=O.Cc1cc(C)c2c(c1Cl)CC(=N/OCC(=O)N1CCCCC1)/C=C/CC/C=C/CCOC2=O.O=C1OCC/C=C/CC/C=C/C(=N/OCC(=O)N2CCCCC2)Cc2c(Cl)c(O)cc(O)c21.O=C1OCC/C=C/CC/C=C/C(=N\OCC(=O)N2CCCCC2)Cc2c(Cl)c(O)cc(O)c21. The maximum absolute atomic E-state index is 12.9. The number of aromatic hydroxyl groups is 4. The van der Waals surface area contributed by atoms with Crippen LogP contribution >= 0.6 is 34.8 Å². The van der Waals surface area contributed by atoms with Crippen LogP contribution in [0.3, 0.4) is 0 Å². The van der Waals surface area contributed by atoms with Crippen LogP contribution in [0.2, 0.25) is 15.1 Å². The molecule has 123 heavy (non-hydrogen) atoms. The summed E-state index contributed by atoms with van der Waals surface area (Å²) in [5, 5.41) is 53.7. The number of ketones is 1. The molecule has 1 aliphatic carbocycles. The average molecular weight is 1750 g/mol. The van der Waals surface area contributed by atoms with Crippen molar-refractivity contribution < 1.29 is 92.2 Å². The van der Waals surface area contributed by atoms with E-state index < -0.39 is 23.4 Å². The molecule has 0 spiro atoms. The van der Waals surface area contributed by atoms with Gasteiger partial charge in [-0.15, -0.1) is 0 Å². The van der Waals surface area contributed by atoms with Crippen LogP contribution in [0.5, 0.6) is 23.0 Å². The molecule has 4 aromatic carbocycles. The summed E-state index contributed by atoms with van der Waals surface area (Å²) in [6.45, 7) is 14.2. The maximum Gasteiger partial charge on any atom is 0.342 e. The van der Waals surface area contributed by atoms with Gasteiger partial charge in [0.05, 0.1) is 64.2 Å². The highest BCUT2D eigenvalue weighted by atomic mass is 35.5. The Kier molecular flexibility index (Phi) is 39.1. The van der Waals surface area contributed by atoms with Crippen LogP contribution in [0.15, 0.2) is 143 Å². The number of likely N-dealkylation sites (tertiary alicyclic amines) is 3. The monoisotopic (exact) mass is 1750 g/mol. The van der Waals surface area contributed by atoms with Gasteiger partial charge in [0.2, 0.25) is 0 Å². The Balaban J connectivity index is 0.000000187. The van der Waals surface area contributed by atoms with E-state index in [1.165, 1.54) is 0 Å². The number of allylic oxidation sites excluding steroid dienone is 13. The molecule has 1 saturated carbocycles. The Labute approximate surface area is 735 Å². The van der Waals surface area contributed by atoms with Gasteiger partial charge in [0.25, 0.3) is 17.7 Å². The molecule has 7 heterocycles. The zero-order chi connectivity index (χ0) is 88.2. The third kappa shape index (κ3) is 30.6. The van der Waals surface area contributed by atoms with Crippen molar-refractivity contribution in [3.63, 3.8) is 0 Å². The van der Waals surface area contributed by atoms with Crippen molar-refractivity contribution in [2.45, 2.75) is 195 Å². The summed E-state index contributed by atoms with van der Waals surface area (Å²) in [7, 11) is 0. The van der Waals surface area contributed by atoms with Crippen molar-refractivity contribution in [1.82, 2.24) is 14.7 Å². The van der Waals surface area contributed by atoms with Crippen molar-refractivity contribution in [2.75, 3.05) is 78.9 Å². The van der Waals surface area contributed by atoms with E-state index >= 15 is 0 Å². The van der Waals surface area contributed by atoms with Crippen molar-refractivity contribution in [1.29, 1.82) is 0 Å². The largest absolute Gasteiger partial charge is 0.507 e. The third-order valence-electron chi connectivity index (χ3n) is 21.6. The second kappa shape index (κ2) is 50.1. The van der Waals surface area contributed by atoms with E-state index in [4.69, 9.17) is 68.3 Å². The van der Waals surface area contributed by atoms with Crippen LogP contribution in [0.4, 0.5) is 0 Å². The number of nitrogens with zero attached hydrogens (tertiary/aromatic N) is 6. The van der Waals surface area contributed by atoms with Gasteiger partial charge in [0.15, 0.2) is 25.6 Å². The number of hydrogen-bond donors (Lipinski definition) is 4. The zero-order valence-electron chi connectivity index (χ0n) is 71.0. The van der Waals surface area contributed by atoms with Gasteiger partial charge < -0.3 is 68.6 Å². The van der Waals surface area contributed by atoms with Crippen molar-refractivity contribution in [2.24, 2.45) is 27.3 Å². The summed E-state index contributed by atoms with van der Waals surface area (Å²) in [4.78, 5) is 122. The van der Waals surface area contributed by atoms with Gasteiger partial charge in [-0.3, -0.25) is 19.2 Å². The predicted molar refractivity (Wildman–Crippen MR) is 474 cm³/mol. The molecule has 8 aliphatic rings. The molecule has 3 saturated heterocycles. The minimum Gasteiger partial charge on any atom is -0.507 e. The first-order valence-corrected chi connectivity index (χ1v) is 43.8. The number of carbonyl (C=O) groups is 8. The van der Waals surface area contributed by atoms with E-state index in [0.29, 0.717) is 83.0 Å². The van der Waals surface area contributed by atoms with Gasteiger partial charge in [0.1, 0.15) is 34.1 Å². The highest BCUT2D eigenvalue weighted by Gasteiger charge is 2.37. The van der Waals surface area contributed by atoms with Gasteiger partial charge in [-0.1, -0.05) is 147 Å². The number of piperidine rings is 3. The fourth-order valence-corrected chi connectivity index (χ4v) is 15.8. The minimum atomic E-state index is -0.751. The number of benzene rings is 4. The molecule has 4 fully saturated rings. The number of fused-ring (bicyclic) bond motifs is 5. The molecule has 660 valence electrons. The molecule has 28 heteroatoms. The smallest absolute Gasteiger partial charge is 0.342 e. The second-order valence-electron chi connectivity index (χ2n) is 31.5. The lowest BCUT2D eigenvalue weighted by atomic mass is 9.94. The van der Waals surface area contributed by atoms with Gasteiger partial charge in [-0.2, -0.15) is 0 Å². The second-order valence-corrected chi connectivity index (χ2v) is 32.6. The lowest BCUT2D eigenvalue weighted by Gasteiger charge is -2.26. The Morgan fingerprint density at radius 2 is 0.797 bits per heavy atom. The predicted octanol–water partition coefficient (Wildman–Crippen LogP) is 17.7. The third-order valence-corrected chi connectivity index (χ3v) is 23.0. The van der Waals surface area contributed by atoms with Crippen LogP contribution < -0.4 is 0 Å². The molecule has 12 rings (SSSR count). The van der Waals surface area contributed by atoms with E-state index in [2.05, 4.69) is 27.6 Å². The molecular weight excluding hydrogens is 1640 g/mol. The summed E-state index contributed by atoms with van der Waals surface area (Å²) >= 11 is 19.2. The molecule has 0 aromatic heterocycles. The number of rotatable bonds is 9. The number of amides is 3. The van der Waals surface area contributed by atoms with E-state index in [1.54, 1.807) is 28.0 Å². The number of ether oxygens (including phenoxy) is 4. The highest BCUT2D eigenvalue weighted by Crippen LogP contribution is 2.44. The summed E-state index contributed by atoms with van der Waals surface area (Å²) in [6, 6.07) is 7.79. The number of oxime groups is 3. The normalized spacial score (nSPS) is 22.7. The first-order chi connectivity index (χ1) is 59.3. The average Bonchev–Trinajstić information content (AvgIpc) is 1.67. The fourth-order valence-electron chi connectivity index (χ4n) is 15.2. The number of aryl methyl sites for hydroxylation is 4. The number of carbonyl (C=O) groups excluding carboxylic acids is 8. The van der Waals surface area contributed by atoms with Crippen molar-refractivity contribution in [3.05, 3.63) is 209 Å². The first-order valence-electron chi connectivity index (χ1n) is 42.6.